The van der Waals surface area contributed by atoms with Gasteiger partial charge in [-0.2, -0.15) is 0 Å². The Morgan fingerprint density at radius 2 is 2.19 bits per heavy atom. The molecule has 0 aliphatic heterocycles. The largest absolute Gasteiger partial charge is 0.451 e. The number of hydrogen-bond acceptors (Lipinski definition) is 7. The normalized spacial score (nSPS) is 10.7. The van der Waals surface area contributed by atoms with Gasteiger partial charge in [0.25, 0.3) is 11.8 Å². The Balaban J connectivity index is 1.59. The monoisotopic (exact) mass is 374 g/mol. The van der Waals surface area contributed by atoms with Crippen LogP contribution in [0.3, 0.4) is 0 Å². The number of aromatic amines is 1. The summed E-state index contributed by atoms with van der Waals surface area (Å²) in [6, 6.07) is 7.05. The first-order valence-corrected chi connectivity index (χ1v) is 9.00. The number of rotatable bonds is 8. The average Bonchev–Trinajstić information content (AvgIpc) is 3.40. The van der Waals surface area contributed by atoms with Gasteiger partial charge in [0.2, 0.25) is 5.89 Å². The fourth-order valence-electron chi connectivity index (χ4n) is 2.30. The smallest absolute Gasteiger partial charge is 0.355 e. The number of H-pyrrole nitrogens is 1. The van der Waals surface area contributed by atoms with E-state index in [2.05, 4.69) is 15.2 Å². The maximum Gasteiger partial charge on any atom is 0.355 e. The molecule has 3 aromatic heterocycles. The summed E-state index contributed by atoms with van der Waals surface area (Å²) in [5, 5.41) is 9.92. The van der Waals surface area contributed by atoms with E-state index in [1.807, 2.05) is 24.4 Å². The van der Waals surface area contributed by atoms with Crippen molar-refractivity contribution in [3.8, 4) is 10.8 Å². The van der Waals surface area contributed by atoms with E-state index in [-0.39, 0.29) is 19.1 Å². The molecule has 0 aromatic carbocycles. The molecule has 0 spiro atoms. The number of amides is 1. The zero-order valence-electron chi connectivity index (χ0n) is 14.2. The van der Waals surface area contributed by atoms with Crippen LogP contribution in [0.1, 0.15) is 29.7 Å². The number of carbonyl (C=O) groups excluding carboxylic acids is 2. The maximum absolute atomic E-state index is 12.4. The van der Waals surface area contributed by atoms with Gasteiger partial charge in [-0.1, -0.05) is 13.0 Å². The molecule has 0 unspecified atom stereocenters. The minimum absolute atomic E-state index is 0.172. The molecule has 0 saturated heterocycles. The number of hydrogen-bond donors (Lipinski definition) is 1. The number of nitrogens with zero attached hydrogens (tertiary/aromatic N) is 3. The van der Waals surface area contributed by atoms with E-state index >= 15 is 0 Å². The van der Waals surface area contributed by atoms with E-state index in [1.165, 1.54) is 16.2 Å². The van der Waals surface area contributed by atoms with Gasteiger partial charge in [0.05, 0.1) is 11.4 Å². The van der Waals surface area contributed by atoms with Gasteiger partial charge < -0.3 is 19.0 Å². The summed E-state index contributed by atoms with van der Waals surface area (Å²) >= 11 is 1.50. The Morgan fingerprint density at radius 3 is 2.88 bits per heavy atom. The van der Waals surface area contributed by atoms with Crippen LogP contribution in [0, 0.1) is 0 Å². The molecule has 3 rings (SSSR count). The summed E-state index contributed by atoms with van der Waals surface area (Å²) in [6.07, 6.45) is 2.37. The van der Waals surface area contributed by atoms with E-state index in [4.69, 9.17) is 9.15 Å². The first kappa shape index (κ1) is 17.9. The van der Waals surface area contributed by atoms with Crippen molar-refractivity contribution >= 4 is 23.2 Å². The molecule has 8 nitrogen and oxygen atoms in total. The predicted octanol–water partition coefficient (Wildman–Crippen LogP) is 2.72. The van der Waals surface area contributed by atoms with Gasteiger partial charge in [-0.3, -0.25) is 4.79 Å². The fraction of sp³-hybridized carbons (Fsp3) is 0.294. The quantitative estimate of drug-likeness (QED) is 0.608. The van der Waals surface area contributed by atoms with Crippen molar-refractivity contribution in [2.45, 2.75) is 19.9 Å². The molecule has 0 aliphatic carbocycles. The molecular formula is C17H18N4O4S. The van der Waals surface area contributed by atoms with Crippen molar-refractivity contribution in [2.24, 2.45) is 0 Å². The van der Waals surface area contributed by atoms with Gasteiger partial charge in [0.15, 0.2) is 6.61 Å². The first-order chi connectivity index (χ1) is 12.7. The van der Waals surface area contributed by atoms with Crippen LogP contribution in [0.5, 0.6) is 0 Å². The summed E-state index contributed by atoms with van der Waals surface area (Å²) in [5.74, 6) is -0.122. The zero-order chi connectivity index (χ0) is 18.4. The fourth-order valence-corrected chi connectivity index (χ4v) is 2.94. The highest BCUT2D eigenvalue weighted by molar-refractivity contribution is 7.13. The lowest BCUT2D eigenvalue weighted by Crippen LogP contribution is -2.35. The molecule has 0 aliphatic rings. The SMILES string of the molecule is CCCN(Cc1nnc(-c2cccs2)o1)C(=O)COC(=O)c1ccc[nH]1. The number of esters is 1. The van der Waals surface area contributed by atoms with Crippen LogP contribution < -0.4 is 0 Å². The average molecular weight is 374 g/mol. The molecular weight excluding hydrogens is 356 g/mol. The van der Waals surface area contributed by atoms with Crippen molar-refractivity contribution < 1.29 is 18.7 Å². The maximum atomic E-state index is 12.4. The number of aromatic nitrogens is 3. The second-order valence-corrected chi connectivity index (χ2v) is 6.40. The summed E-state index contributed by atoms with van der Waals surface area (Å²) in [4.78, 5) is 29.4. The van der Waals surface area contributed by atoms with E-state index < -0.39 is 5.97 Å². The number of nitrogens with one attached hydrogen (secondary N) is 1. The molecule has 26 heavy (non-hydrogen) atoms. The highest BCUT2D eigenvalue weighted by atomic mass is 32.1. The van der Waals surface area contributed by atoms with Crippen LogP contribution in [-0.2, 0) is 16.1 Å². The van der Waals surface area contributed by atoms with Gasteiger partial charge in [0.1, 0.15) is 5.69 Å². The van der Waals surface area contributed by atoms with Crippen LogP contribution in [0.25, 0.3) is 10.8 Å². The molecule has 1 N–H and O–H groups in total. The summed E-state index contributed by atoms with van der Waals surface area (Å²) in [5.41, 5.74) is 0.303. The third-order valence-electron chi connectivity index (χ3n) is 3.52. The van der Waals surface area contributed by atoms with E-state index in [1.54, 1.807) is 18.3 Å². The Labute approximate surface area is 153 Å². The van der Waals surface area contributed by atoms with Gasteiger partial charge in [-0.15, -0.1) is 21.5 Å². The molecule has 3 heterocycles. The van der Waals surface area contributed by atoms with Crippen molar-refractivity contribution in [1.29, 1.82) is 0 Å². The minimum atomic E-state index is -0.572. The van der Waals surface area contributed by atoms with Crippen LogP contribution in [-0.4, -0.2) is 45.1 Å². The Kier molecular flexibility index (Phi) is 5.80. The third-order valence-corrected chi connectivity index (χ3v) is 4.37. The number of ether oxygens (including phenoxy) is 1. The second kappa shape index (κ2) is 8.43. The summed E-state index contributed by atoms with van der Waals surface area (Å²) < 4.78 is 10.7. The Bertz CT molecular complexity index is 842. The topological polar surface area (TPSA) is 101 Å². The molecule has 1 amide bonds. The molecule has 0 fully saturated rings. The predicted molar refractivity (Wildman–Crippen MR) is 94.4 cm³/mol. The first-order valence-electron chi connectivity index (χ1n) is 8.12. The number of carbonyl (C=O) groups is 2. The van der Waals surface area contributed by atoms with Gasteiger partial charge >= 0.3 is 5.97 Å². The molecule has 3 aromatic rings. The lowest BCUT2D eigenvalue weighted by Gasteiger charge is -2.19. The third kappa shape index (κ3) is 4.37. The molecule has 0 radical (unpaired) electrons. The summed E-state index contributed by atoms with van der Waals surface area (Å²) in [7, 11) is 0. The second-order valence-electron chi connectivity index (χ2n) is 5.45. The van der Waals surface area contributed by atoms with Gasteiger partial charge in [0, 0.05) is 12.7 Å². The van der Waals surface area contributed by atoms with Crippen LogP contribution in [0.2, 0.25) is 0 Å². The van der Waals surface area contributed by atoms with Gasteiger partial charge in [-0.25, -0.2) is 4.79 Å². The standard InChI is InChI=1S/C17H18N4O4S/c1-2-8-21(15(22)11-24-17(23)12-5-3-7-18-12)10-14-19-20-16(25-14)13-6-4-9-26-13/h3-7,9,18H,2,8,10-11H2,1H3. The summed E-state index contributed by atoms with van der Waals surface area (Å²) in [6.45, 7) is 2.28. The van der Waals surface area contributed by atoms with E-state index in [9.17, 15) is 9.59 Å². The van der Waals surface area contributed by atoms with Crippen LogP contribution in [0.15, 0.2) is 40.3 Å². The molecule has 136 valence electrons. The lowest BCUT2D eigenvalue weighted by atomic mass is 10.4. The van der Waals surface area contributed by atoms with E-state index in [0.29, 0.717) is 24.0 Å². The lowest BCUT2D eigenvalue weighted by molar-refractivity contribution is -0.135. The highest BCUT2D eigenvalue weighted by Crippen LogP contribution is 2.23. The van der Waals surface area contributed by atoms with Crippen molar-refractivity contribution in [3.05, 3.63) is 47.4 Å². The molecule has 0 bridgehead atoms. The highest BCUT2D eigenvalue weighted by Gasteiger charge is 2.19. The Hall–Kier alpha value is -2.94. The van der Waals surface area contributed by atoms with Gasteiger partial charge in [-0.05, 0) is 30.0 Å². The molecule has 9 heteroatoms. The van der Waals surface area contributed by atoms with Crippen molar-refractivity contribution in [1.82, 2.24) is 20.1 Å². The van der Waals surface area contributed by atoms with Crippen molar-refractivity contribution in [3.63, 3.8) is 0 Å². The van der Waals surface area contributed by atoms with E-state index in [0.717, 1.165) is 11.3 Å². The van der Waals surface area contributed by atoms with Crippen LogP contribution >= 0.6 is 11.3 Å². The molecule has 0 saturated carbocycles. The molecule has 0 atom stereocenters. The zero-order valence-corrected chi connectivity index (χ0v) is 15.0. The minimum Gasteiger partial charge on any atom is -0.451 e. The van der Waals surface area contributed by atoms with Crippen LogP contribution in [0.4, 0.5) is 0 Å². The number of thiophene rings is 1. The Morgan fingerprint density at radius 1 is 1.31 bits per heavy atom. The van der Waals surface area contributed by atoms with Crippen molar-refractivity contribution in [2.75, 3.05) is 13.2 Å².